The molecule has 4 nitrogen and oxygen atoms in total. The Kier molecular flexibility index (Phi) is 6.99. The summed E-state index contributed by atoms with van der Waals surface area (Å²) in [6.07, 6.45) is 0.124. The van der Waals surface area contributed by atoms with Crippen LogP contribution in [0.5, 0.6) is 11.5 Å². The molecule has 0 amide bonds. The van der Waals surface area contributed by atoms with Crippen LogP contribution in [0.1, 0.15) is 5.56 Å². The molecule has 2 N–H and O–H groups in total. The van der Waals surface area contributed by atoms with Crippen molar-refractivity contribution in [2.45, 2.75) is 12.6 Å². The first-order chi connectivity index (χ1) is 11.2. The molecule has 2 aromatic rings. The molecule has 130 valence electrons. The van der Waals surface area contributed by atoms with Crippen LogP contribution in [0.4, 0.5) is 4.39 Å². The van der Waals surface area contributed by atoms with Gasteiger partial charge in [-0.25, -0.2) is 4.39 Å². The number of rotatable bonds is 5. The maximum absolute atomic E-state index is 13.2. The molecule has 1 aliphatic heterocycles. The third-order valence-electron chi connectivity index (χ3n) is 3.85. The molecule has 3 rings (SSSR count). The standard InChI is InChI=1S/C18H21FN2O2.ClH/c19-15-2-1-3-17(10-15)23-16-6-4-14(5-7-16)12-21-8-9-22-18(11-20)13-21;/h1-7,10,18H,8-9,11-13,20H2;1H. The molecule has 0 aliphatic carbocycles. The van der Waals surface area contributed by atoms with Crippen LogP contribution in [-0.2, 0) is 11.3 Å². The third kappa shape index (κ3) is 5.18. The van der Waals surface area contributed by atoms with Gasteiger partial charge in [0.15, 0.2) is 0 Å². The number of halogens is 2. The van der Waals surface area contributed by atoms with E-state index in [0.717, 1.165) is 26.2 Å². The Morgan fingerprint density at radius 2 is 1.96 bits per heavy atom. The molecule has 1 heterocycles. The van der Waals surface area contributed by atoms with Crippen molar-refractivity contribution < 1.29 is 13.9 Å². The average Bonchev–Trinajstić information content (AvgIpc) is 2.57. The fraction of sp³-hybridized carbons (Fsp3) is 0.333. The Morgan fingerprint density at radius 3 is 2.67 bits per heavy atom. The van der Waals surface area contributed by atoms with Gasteiger partial charge in [0.25, 0.3) is 0 Å². The second kappa shape index (κ2) is 8.99. The van der Waals surface area contributed by atoms with Crippen molar-refractivity contribution >= 4 is 12.4 Å². The highest BCUT2D eigenvalue weighted by Crippen LogP contribution is 2.22. The van der Waals surface area contributed by atoms with Gasteiger partial charge in [0.2, 0.25) is 0 Å². The zero-order chi connectivity index (χ0) is 16.1. The van der Waals surface area contributed by atoms with E-state index in [4.69, 9.17) is 15.2 Å². The molecule has 24 heavy (non-hydrogen) atoms. The Labute approximate surface area is 147 Å². The number of morpholine rings is 1. The Morgan fingerprint density at radius 1 is 1.17 bits per heavy atom. The number of benzene rings is 2. The van der Waals surface area contributed by atoms with E-state index in [0.29, 0.717) is 18.0 Å². The summed E-state index contributed by atoms with van der Waals surface area (Å²) >= 11 is 0. The van der Waals surface area contributed by atoms with E-state index >= 15 is 0 Å². The molecule has 0 bridgehead atoms. The van der Waals surface area contributed by atoms with E-state index in [9.17, 15) is 4.39 Å². The van der Waals surface area contributed by atoms with Crippen molar-refractivity contribution in [1.29, 1.82) is 0 Å². The van der Waals surface area contributed by atoms with Gasteiger partial charge in [-0.1, -0.05) is 18.2 Å². The molecule has 1 saturated heterocycles. The van der Waals surface area contributed by atoms with E-state index < -0.39 is 0 Å². The first-order valence-corrected chi connectivity index (χ1v) is 7.79. The summed E-state index contributed by atoms with van der Waals surface area (Å²) in [5.74, 6) is 0.888. The van der Waals surface area contributed by atoms with Gasteiger partial charge in [-0.2, -0.15) is 0 Å². The largest absolute Gasteiger partial charge is 0.457 e. The molecule has 0 radical (unpaired) electrons. The van der Waals surface area contributed by atoms with E-state index in [1.807, 2.05) is 24.3 Å². The molecule has 1 unspecified atom stereocenters. The summed E-state index contributed by atoms with van der Waals surface area (Å²) in [7, 11) is 0. The summed E-state index contributed by atoms with van der Waals surface area (Å²) in [5, 5.41) is 0. The Hall–Kier alpha value is -1.66. The molecule has 1 atom stereocenters. The second-order valence-corrected chi connectivity index (χ2v) is 5.67. The summed E-state index contributed by atoms with van der Waals surface area (Å²) in [6, 6.07) is 14.0. The highest BCUT2D eigenvalue weighted by molar-refractivity contribution is 5.85. The lowest BCUT2D eigenvalue weighted by Crippen LogP contribution is -2.45. The van der Waals surface area contributed by atoms with Gasteiger partial charge in [0.1, 0.15) is 17.3 Å². The topological polar surface area (TPSA) is 47.7 Å². The number of nitrogens with two attached hydrogens (primary N) is 1. The minimum atomic E-state index is -0.305. The lowest BCUT2D eigenvalue weighted by atomic mass is 10.2. The van der Waals surface area contributed by atoms with Crippen LogP contribution in [-0.4, -0.2) is 37.2 Å². The number of ether oxygens (including phenoxy) is 2. The van der Waals surface area contributed by atoms with Gasteiger partial charge in [0, 0.05) is 32.2 Å². The van der Waals surface area contributed by atoms with Crippen molar-refractivity contribution in [2.24, 2.45) is 5.73 Å². The summed E-state index contributed by atoms with van der Waals surface area (Å²) in [4.78, 5) is 2.34. The maximum atomic E-state index is 13.2. The van der Waals surface area contributed by atoms with E-state index in [1.54, 1.807) is 12.1 Å². The summed E-state index contributed by atoms with van der Waals surface area (Å²) in [6.45, 7) is 3.91. The highest BCUT2D eigenvalue weighted by atomic mass is 35.5. The monoisotopic (exact) mass is 352 g/mol. The fourth-order valence-corrected chi connectivity index (χ4v) is 2.65. The summed E-state index contributed by atoms with van der Waals surface area (Å²) < 4.78 is 24.4. The zero-order valence-corrected chi connectivity index (χ0v) is 14.2. The quantitative estimate of drug-likeness (QED) is 0.897. The van der Waals surface area contributed by atoms with Crippen molar-refractivity contribution in [3.05, 3.63) is 59.9 Å². The van der Waals surface area contributed by atoms with Crippen LogP contribution in [0, 0.1) is 5.82 Å². The van der Waals surface area contributed by atoms with Gasteiger partial charge in [-0.3, -0.25) is 4.90 Å². The Bertz CT molecular complexity index is 639. The van der Waals surface area contributed by atoms with Crippen LogP contribution in [0.3, 0.4) is 0 Å². The molecule has 0 aromatic heterocycles. The van der Waals surface area contributed by atoms with Crippen LogP contribution in [0.15, 0.2) is 48.5 Å². The molecule has 2 aromatic carbocycles. The smallest absolute Gasteiger partial charge is 0.130 e. The second-order valence-electron chi connectivity index (χ2n) is 5.67. The fourth-order valence-electron chi connectivity index (χ4n) is 2.65. The van der Waals surface area contributed by atoms with E-state index in [2.05, 4.69) is 4.90 Å². The lowest BCUT2D eigenvalue weighted by molar-refractivity contribution is -0.0260. The Balaban J connectivity index is 0.00000208. The number of hydrogen-bond donors (Lipinski definition) is 1. The predicted octanol–water partition coefficient (Wildman–Crippen LogP) is 3.20. The van der Waals surface area contributed by atoms with Crippen LogP contribution in [0.25, 0.3) is 0 Å². The molecule has 6 heteroatoms. The van der Waals surface area contributed by atoms with E-state index in [-0.39, 0.29) is 24.3 Å². The first-order valence-electron chi connectivity index (χ1n) is 7.79. The van der Waals surface area contributed by atoms with E-state index in [1.165, 1.54) is 17.7 Å². The minimum Gasteiger partial charge on any atom is -0.457 e. The SMILES string of the molecule is Cl.NCC1CN(Cc2ccc(Oc3cccc(F)c3)cc2)CCO1. The summed E-state index contributed by atoms with van der Waals surface area (Å²) in [5.41, 5.74) is 6.87. The number of hydrogen-bond acceptors (Lipinski definition) is 4. The van der Waals surface area contributed by atoms with Crippen LogP contribution >= 0.6 is 12.4 Å². The molecular weight excluding hydrogens is 331 g/mol. The van der Waals surface area contributed by atoms with Crippen LogP contribution < -0.4 is 10.5 Å². The van der Waals surface area contributed by atoms with Gasteiger partial charge in [0.05, 0.1) is 12.7 Å². The minimum absolute atomic E-state index is 0. The first kappa shape index (κ1) is 18.7. The predicted molar refractivity (Wildman–Crippen MR) is 94.2 cm³/mol. The van der Waals surface area contributed by atoms with Crippen molar-refractivity contribution in [1.82, 2.24) is 4.90 Å². The van der Waals surface area contributed by atoms with Crippen LogP contribution in [0.2, 0.25) is 0 Å². The van der Waals surface area contributed by atoms with Gasteiger partial charge < -0.3 is 15.2 Å². The number of nitrogens with zero attached hydrogens (tertiary/aromatic N) is 1. The van der Waals surface area contributed by atoms with Crippen molar-refractivity contribution in [2.75, 3.05) is 26.2 Å². The van der Waals surface area contributed by atoms with Gasteiger partial charge >= 0.3 is 0 Å². The van der Waals surface area contributed by atoms with Crippen molar-refractivity contribution in [3.8, 4) is 11.5 Å². The normalized spacial score (nSPS) is 18.0. The lowest BCUT2D eigenvalue weighted by Gasteiger charge is -2.32. The molecular formula is C18H22ClFN2O2. The molecule has 0 spiro atoms. The maximum Gasteiger partial charge on any atom is 0.130 e. The molecule has 0 saturated carbocycles. The molecule has 1 aliphatic rings. The average molecular weight is 353 g/mol. The molecule has 1 fully saturated rings. The van der Waals surface area contributed by atoms with Gasteiger partial charge in [-0.05, 0) is 29.8 Å². The third-order valence-corrected chi connectivity index (χ3v) is 3.85. The zero-order valence-electron chi connectivity index (χ0n) is 13.4. The van der Waals surface area contributed by atoms with Crippen molar-refractivity contribution in [3.63, 3.8) is 0 Å². The highest BCUT2D eigenvalue weighted by Gasteiger charge is 2.19. The van der Waals surface area contributed by atoms with Gasteiger partial charge in [-0.15, -0.1) is 12.4 Å².